The van der Waals surface area contributed by atoms with Crippen molar-refractivity contribution in [2.75, 3.05) is 0 Å². The first-order valence-corrected chi connectivity index (χ1v) is 4.72. The number of rotatable bonds is 2. The van der Waals surface area contributed by atoms with E-state index in [9.17, 15) is 4.79 Å². The monoisotopic (exact) mass is 153 g/mol. The van der Waals surface area contributed by atoms with Gasteiger partial charge in [0.25, 0.3) is 0 Å². The third-order valence-corrected chi connectivity index (χ3v) is 2.79. The minimum atomic E-state index is 0.174. The summed E-state index contributed by atoms with van der Waals surface area (Å²) in [7, 11) is 0. The molecule has 0 N–H and O–H groups in total. The van der Waals surface area contributed by atoms with Crippen LogP contribution in [-0.2, 0) is 4.79 Å². The summed E-state index contributed by atoms with van der Waals surface area (Å²) >= 11 is 0. The van der Waals surface area contributed by atoms with Gasteiger partial charge >= 0.3 is 0 Å². The fourth-order valence-electron chi connectivity index (χ4n) is 1.91. The van der Waals surface area contributed by atoms with Gasteiger partial charge in [0, 0.05) is 5.92 Å². The van der Waals surface area contributed by atoms with Gasteiger partial charge in [0.05, 0.1) is 0 Å². The standard InChI is InChI=1S/C10H17O/c1-9(8-11)10-6-4-2-3-5-7-10/h9-10H,2-7H2,1H3. The maximum absolute atomic E-state index is 10.4. The van der Waals surface area contributed by atoms with Crippen molar-refractivity contribution in [3.8, 4) is 0 Å². The molecule has 1 heteroatoms. The van der Waals surface area contributed by atoms with E-state index in [1.807, 2.05) is 6.92 Å². The van der Waals surface area contributed by atoms with Crippen molar-refractivity contribution in [3.05, 3.63) is 0 Å². The summed E-state index contributed by atoms with van der Waals surface area (Å²) in [5.41, 5.74) is 0. The second-order valence-electron chi connectivity index (χ2n) is 3.66. The molecule has 1 saturated carbocycles. The summed E-state index contributed by atoms with van der Waals surface area (Å²) in [6.07, 6.45) is 9.96. The van der Waals surface area contributed by atoms with Crippen molar-refractivity contribution < 1.29 is 4.79 Å². The molecule has 0 bridgehead atoms. The Bertz CT molecular complexity index is 112. The van der Waals surface area contributed by atoms with Gasteiger partial charge in [-0.25, -0.2) is 0 Å². The third-order valence-electron chi connectivity index (χ3n) is 2.79. The topological polar surface area (TPSA) is 17.1 Å². The summed E-state index contributed by atoms with van der Waals surface area (Å²) in [4.78, 5) is 10.4. The largest absolute Gasteiger partial charge is 0.291 e. The van der Waals surface area contributed by atoms with Gasteiger partial charge in [-0.1, -0.05) is 32.6 Å². The Morgan fingerprint density at radius 2 is 1.73 bits per heavy atom. The highest BCUT2D eigenvalue weighted by Gasteiger charge is 2.18. The first-order valence-electron chi connectivity index (χ1n) is 4.72. The average Bonchev–Trinajstić information content (AvgIpc) is 2.30. The molecule has 1 aliphatic carbocycles. The molecule has 1 nitrogen and oxygen atoms in total. The zero-order valence-electron chi connectivity index (χ0n) is 7.31. The fraction of sp³-hybridized carbons (Fsp3) is 0.900. The molecule has 0 heterocycles. The SMILES string of the molecule is CC([C]=O)C1CCCCCC1. The molecule has 0 aliphatic heterocycles. The van der Waals surface area contributed by atoms with E-state index in [1.165, 1.54) is 38.5 Å². The number of hydrogen-bond acceptors (Lipinski definition) is 1. The molecule has 0 aromatic rings. The highest BCUT2D eigenvalue weighted by molar-refractivity contribution is 5.54. The lowest BCUT2D eigenvalue weighted by Gasteiger charge is -2.15. The Morgan fingerprint density at radius 1 is 1.18 bits per heavy atom. The second-order valence-corrected chi connectivity index (χ2v) is 3.66. The molecule has 0 amide bonds. The van der Waals surface area contributed by atoms with Crippen LogP contribution in [0.5, 0.6) is 0 Å². The summed E-state index contributed by atoms with van der Waals surface area (Å²) < 4.78 is 0. The van der Waals surface area contributed by atoms with E-state index in [2.05, 4.69) is 6.29 Å². The predicted molar refractivity (Wildman–Crippen MR) is 46.0 cm³/mol. The van der Waals surface area contributed by atoms with Gasteiger partial charge in [-0.05, 0) is 18.8 Å². The van der Waals surface area contributed by atoms with E-state index in [4.69, 9.17) is 0 Å². The lowest BCUT2D eigenvalue weighted by Crippen LogP contribution is -2.11. The third kappa shape index (κ3) is 2.64. The Hall–Kier alpha value is -0.330. The lowest BCUT2D eigenvalue weighted by atomic mass is 9.89. The van der Waals surface area contributed by atoms with Crippen molar-refractivity contribution in [3.63, 3.8) is 0 Å². The molecule has 1 aliphatic rings. The van der Waals surface area contributed by atoms with Gasteiger partial charge in [0.15, 0.2) is 0 Å². The molecule has 0 aromatic heterocycles. The molecular weight excluding hydrogens is 136 g/mol. The molecule has 1 atom stereocenters. The quantitative estimate of drug-likeness (QED) is 0.557. The van der Waals surface area contributed by atoms with Crippen LogP contribution in [0.3, 0.4) is 0 Å². The van der Waals surface area contributed by atoms with Crippen molar-refractivity contribution in [1.82, 2.24) is 0 Å². The highest BCUT2D eigenvalue weighted by atomic mass is 16.1. The maximum Gasteiger partial charge on any atom is 0.201 e. The van der Waals surface area contributed by atoms with Crippen LogP contribution in [0.4, 0.5) is 0 Å². The molecule has 11 heavy (non-hydrogen) atoms. The first-order chi connectivity index (χ1) is 5.34. The van der Waals surface area contributed by atoms with E-state index in [0.29, 0.717) is 5.92 Å². The Balaban J connectivity index is 2.35. The Kier molecular flexibility index (Phi) is 3.61. The van der Waals surface area contributed by atoms with Crippen LogP contribution in [-0.4, -0.2) is 6.29 Å². The maximum atomic E-state index is 10.4. The summed E-state index contributed by atoms with van der Waals surface area (Å²) in [5.74, 6) is 0.808. The molecule has 1 radical (unpaired) electrons. The van der Waals surface area contributed by atoms with E-state index in [1.54, 1.807) is 0 Å². The normalized spacial score (nSPS) is 24.1. The van der Waals surface area contributed by atoms with Crippen LogP contribution in [0.25, 0.3) is 0 Å². The minimum absolute atomic E-state index is 0.174. The molecular formula is C10H17O. The zero-order chi connectivity index (χ0) is 8.10. The molecule has 1 fully saturated rings. The molecule has 1 rings (SSSR count). The van der Waals surface area contributed by atoms with Crippen molar-refractivity contribution >= 4 is 6.29 Å². The van der Waals surface area contributed by atoms with Gasteiger partial charge in [0.2, 0.25) is 6.29 Å². The van der Waals surface area contributed by atoms with E-state index in [0.717, 1.165) is 0 Å². The van der Waals surface area contributed by atoms with Crippen LogP contribution in [0.15, 0.2) is 0 Å². The smallest absolute Gasteiger partial charge is 0.201 e. The van der Waals surface area contributed by atoms with Gasteiger partial charge in [-0.2, -0.15) is 0 Å². The number of hydrogen-bond donors (Lipinski definition) is 0. The average molecular weight is 153 g/mol. The molecule has 63 valence electrons. The zero-order valence-corrected chi connectivity index (χ0v) is 7.31. The predicted octanol–water partition coefficient (Wildman–Crippen LogP) is 2.70. The molecule has 0 saturated heterocycles. The van der Waals surface area contributed by atoms with Gasteiger partial charge in [-0.15, -0.1) is 0 Å². The molecule has 0 spiro atoms. The van der Waals surface area contributed by atoms with E-state index < -0.39 is 0 Å². The van der Waals surface area contributed by atoms with Gasteiger partial charge in [-0.3, -0.25) is 4.79 Å². The highest BCUT2D eigenvalue weighted by Crippen LogP contribution is 2.27. The van der Waals surface area contributed by atoms with E-state index >= 15 is 0 Å². The van der Waals surface area contributed by atoms with Crippen LogP contribution >= 0.6 is 0 Å². The summed E-state index contributed by atoms with van der Waals surface area (Å²) in [6, 6.07) is 0. The Morgan fingerprint density at radius 3 is 2.18 bits per heavy atom. The molecule has 1 unspecified atom stereocenters. The van der Waals surface area contributed by atoms with Crippen molar-refractivity contribution in [1.29, 1.82) is 0 Å². The van der Waals surface area contributed by atoms with Crippen LogP contribution in [0.2, 0.25) is 0 Å². The van der Waals surface area contributed by atoms with Crippen LogP contribution in [0, 0.1) is 11.8 Å². The Labute approximate surface area is 69.2 Å². The summed E-state index contributed by atoms with van der Waals surface area (Å²) in [5, 5.41) is 0. The first kappa shape index (κ1) is 8.76. The van der Waals surface area contributed by atoms with Crippen LogP contribution in [0.1, 0.15) is 45.4 Å². The van der Waals surface area contributed by atoms with E-state index in [-0.39, 0.29) is 5.92 Å². The van der Waals surface area contributed by atoms with Gasteiger partial charge in [0.1, 0.15) is 0 Å². The minimum Gasteiger partial charge on any atom is -0.291 e. The van der Waals surface area contributed by atoms with Crippen LogP contribution < -0.4 is 0 Å². The second kappa shape index (κ2) is 4.53. The van der Waals surface area contributed by atoms with Gasteiger partial charge < -0.3 is 0 Å². The number of carbonyl (C=O) groups excluding carboxylic acids is 1. The summed E-state index contributed by atoms with van der Waals surface area (Å²) in [6.45, 7) is 2.00. The fourth-order valence-corrected chi connectivity index (χ4v) is 1.91. The van der Waals surface area contributed by atoms with Crippen molar-refractivity contribution in [2.45, 2.75) is 45.4 Å². The lowest BCUT2D eigenvalue weighted by molar-refractivity contribution is 0.374. The molecule has 0 aromatic carbocycles. The van der Waals surface area contributed by atoms with Crippen molar-refractivity contribution in [2.24, 2.45) is 11.8 Å².